The minimum atomic E-state index is 0. The summed E-state index contributed by atoms with van der Waals surface area (Å²) in [7, 11) is 1.83. The summed E-state index contributed by atoms with van der Waals surface area (Å²) >= 11 is 1.82. The Morgan fingerprint density at radius 1 is 1.28 bits per heavy atom. The van der Waals surface area contributed by atoms with Gasteiger partial charge < -0.3 is 15.5 Å². The SMILES string of the molecule is CN=C(NCCc1ccccn1)NC1CCN(c2cccs2)CC1.I. The number of guanidine groups is 1. The van der Waals surface area contributed by atoms with Gasteiger partial charge in [0, 0.05) is 51.0 Å². The molecule has 0 spiro atoms. The number of anilines is 1. The van der Waals surface area contributed by atoms with Crippen LogP contribution in [0.3, 0.4) is 0 Å². The minimum Gasteiger partial charge on any atom is -0.363 e. The third-order valence-electron chi connectivity index (χ3n) is 4.28. The third-order valence-corrected chi connectivity index (χ3v) is 5.21. The quantitative estimate of drug-likeness (QED) is 0.400. The number of piperidine rings is 1. The van der Waals surface area contributed by atoms with Gasteiger partial charge in [0.15, 0.2) is 5.96 Å². The van der Waals surface area contributed by atoms with Crippen LogP contribution in [0, 0.1) is 0 Å². The molecule has 5 nitrogen and oxygen atoms in total. The molecule has 2 aromatic rings. The normalized spacial score (nSPS) is 15.6. The van der Waals surface area contributed by atoms with Crippen LogP contribution in [0.15, 0.2) is 46.9 Å². The Bertz CT molecular complexity index is 624. The van der Waals surface area contributed by atoms with Crippen LogP contribution in [0.25, 0.3) is 0 Å². The maximum absolute atomic E-state index is 4.34. The Balaban J connectivity index is 0.00000225. The van der Waals surface area contributed by atoms with E-state index in [4.69, 9.17) is 0 Å². The summed E-state index contributed by atoms with van der Waals surface area (Å²) in [6.45, 7) is 3.04. The van der Waals surface area contributed by atoms with E-state index in [2.05, 4.69) is 49.1 Å². The molecular weight excluding hydrogens is 445 g/mol. The zero-order valence-corrected chi connectivity index (χ0v) is 17.7. The van der Waals surface area contributed by atoms with Gasteiger partial charge in [-0.3, -0.25) is 9.98 Å². The second kappa shape index (κ2) is 10.6. The fourth-order valence-electron chi connectivity index (χ4n) is 2.94. The summed E-state index contributed by atoms with van der Waals surface area (Å²) in [5, 5.41) is 10.5. The van der Waals surface area contributed by atoms with Gasteiger partial charge in [0.05, 0.1) is 5.00 Å². The van der Waals surface area contributed by atoms with Gasteiger partial charge in [-0.25, -0.2) is 0 Å². The molecule has 1 saturated heterocycles. The third kappa shape index (κ3) is 6.14. The molecule has 2 aromatic heterocycles. The van der Waals surface area contributed by atoms with Crippen LogP contribution in [0.1, 0.15) is 18.5 Å². The van der Waals surface area contributed by atoms with Gasteiger partial charge in [-0.15, -0.1) is 35.3 Å². The molecule has 0 bridgehead atoms. The van der Waals surface area contributed by atoms with Crippen LogP contribution in [0.5, 0.6) is 0 Å². The Kier molecular flexibility index (Phi) is 8.47. The van der Waals surface area contributed by atoms with Crippen molar-refractivity contribution in [3.63, 3.8) is 0 Å². The van der Waals surface area contributed by atoms with Crippen LogP contribution in [-0.4, -0.2) is 43.7 Å². The van der Waals surface area contributed by atoms with Gasteiger partial charge in [-0.05, 0) is 42.5 Å². The number of hydrogen-bond donors (Lipinski definition) is 2. The zero-order chi connectivity index (χ0) is 16.6. The molecule has 1 aliphatic heterocycles. The Labute approximate surface area is 171 Å². The lowest BCUT2D eigenvalue weighted by atomic mass is 10.1. The van der Waals surface area contributed by atoms with Crippen LogP contribution in [0.2, 0.25) is 0 Å². The van der Waals surface area contributed by atoms with E-state index in [1.807, 2.05) is 36.7 Å². The number of aromatic nitrogens is 1. The zero-order valence-electron chi connectivity index (χ0n) is 14.5. The average molecular weight is 471 g/mol. The molecule has 1 aliphatic rings. The molecule has 0 unspecified atom stereocenters. The van der Waals surface area contributed by atoms with Crippen molar-refractivity contribution in [2.45, 2.75) is 25.3 Å². The van der Waals surface area contributed by atoms with Gasteiger partial charge in [-0.1, -0.05) is 6.07 Å². The lowest BCUT2D eigenvalue weighted by Crippen LogP contribution is -2.49. The van der Waals surface area contributed by atoms with Crippen molar-refractivity contribution in [2.75, 3.05) is 31.6 Å². The van der Waals surface area contributed by atoms with E-state index in [0.29, 0.717) is 6.04 Å². The van der Waals surface area contributed by atoms with Crippen LogP contribution in [-0.2, 0) is 6.42 Å². The highest BCUT2D eigenvalue weighted by Gasteiger charge is 2.20. The summed E-state index contributed by atoms with van der Waals surface area (Å²) in [4.78, 5) is 11.2. The number of aliphatic imine (C=N–C) groups is 1. The van der Waals surface area contributed by atoms with Crippen LogP contribution < -0.4 is 15.5 Å². The molecule has 0 saturated carbocycles. The highest BCUT2D eigenvalue weighted by atomic mass is 127. The number of nitrogens with one attached hydrogen (secondary N) is 2. The predicted octanol–water partition coefficient (Wildman–Crippen LogP) is 3.14. The van der Waals surface area contributed by atoms with Crippen LogP contribution >= 0.6 is 35.3 Å². The van der Waals surface area contributed by atoms with Crippen molar-refractivity contribution in [2.24, 2.45) is 4.99 Å². The van der Waals surface area contributed by atoms with Crippen molar-refractivity contribution in [1.82, 2.24) is 15.6 Å². The molecule has 0 radical (unpaired) electrons. The van der Waals surface area contributed by atoms with Gasteiger partial charge >= 0.3 is 0 Å². The van der Waals surface area contributed by atoms with E-state index in [1.165, 1.54) is 5.00 Å². The van der Waals surface area contributed by atoms with Gasteiger partial charge in [0.25, 0.3) is 0 Å². The highest BCUT2D eigenvalue weighted by Crippen LogP contribution is 2.24. The van der Waals surface area contributed by atoms with Crippen molar-refractivity contribution in [1.29, 1.82) is 0 Å². The fourth-order valence-corrected chi connectivity index (χ4v) is 3.72. The van der Waals surface area contributed by atoms with Crippen molar-refractivity contribution < 1.29 is 0 Å². The summed E-state index contributed by atoms with van der Waals surface area (Å²) < 4.78 is 0. The summed E-state index contributed by atoms with van der Waals surface area (Å²) in [5.74, 6) is 0.889. The number of hydrogen-bond acceptors (Lipinski definition) is 4. The number of pyridine rings is 1. The van der Waals surface area contributed by atoms with E-state index in [1.54, 1.807) is 0 Å². The number of nitrogens with zero attached hydrogens (tertiary/aromatic N) is 3. The van der Waals surface area contributed by atoms with E-state index < -0.39 is 0 Å². The molecule has 2 N–H and O–H groups in total. The molecule has 3 heterocycles. The van der Waals surface area contributed by atoms with Gasteiger partial charge in [0.2, 0.25) is 0 Å². The maximum Gasteiger partial charge on any atom is 0.191 e. The Hall–Kier alpha value is -1.35. The summed E-state index contributed by atoms with van der Waals surface area (Å²) in [5.41, 5.74) is 1.10. The Morgan fingerprint density at radius 3 is 2.76 bits per heavy atom. The number of rotatable bonds is 5. The van der Waals surface area contributed by atoms with Gasteiger partial charge in [0.1, 0.15) is 0 Å². The highest BCUT2D eigenvalue weighted by molar-refractivity contribution is 14.0. The predicted molar refractivity (Wildman–Crippen MR) is 117 cm³/mol. The molecular formula is C18H26IN5S. The molecule has 7 heteroatoms. The molecule has 0 aromatic carbocycles. The number of thiophene rings is 1. The number of halogens is 1. The summed E-state index contributed by atoms with van der Waals surface area (Å²) in [6.07, 6.45) is 5.01. The van der Waals surface area contributed by atoms with E-state index >= 15 is 0 Å². The van der Waals surface area contributed by atoms with E-state index in [-0.39, 0.29) is 24.0 Å². The molecule has 0 aliphatic carbocycles. The second-order valence-electron chi connectivity index (χ2n) is 5.93. The molecule has 136 valence electrons. The second-order valence-corrected chi connectivity index (χ2v) is 6.85. The smallest absolute Gasteiger partial charge is 0.191 e. The first-order chi connectivity index (χ1) is 11.8. The summed E-state index contributed by atoms with van der Waals surface area (Å²) in [6, 6.07) is 10.8. The topological polar surface area (TPSA) is 52.6 Å². The van der Waals surface area contributed by atoms with Crippen molar-refractivity contribution in [3.8, 4) is 0 Å². The van der Waals surface area contributed by atoms with Crippen LogP contribution in [0.4, 0.5) is 5.00 Å². The largest absolute Gasteiger partial charge is 0.363 e. The molecule has 3 rings (SSSR count). The molecule has 1 fully saturated rings. The molecule has 25 heavy (non-hydrogen) atoms. The van der Waals surface area contributed by atoms with Crippen molar-refractivity contribution in [3.05, 3.63) is 47.6 Å². The first-order valence-corrected chi connectivity index (χ1v) is 9.38. The first kappa shape index (κ1) is 20.0. The Morgan fingerprint density at radius 2 is 2.12 bits per heavy atom. The average Bonchev–Trinajstić information content (AvgIpc) is 3.17. The first-order valence-electron chi connectivity index (χ1n) is 8.50. The van der Waals surface area contributed by atoms with E-state index in [9.17, 15) is 0 Å². The van der Waals surface area contributed by atoms with Crippen molar-refractivity contribution >= 4 is 46.3 Å². The molecule has 0 atom stereocenters. The lowest BCUT2D eigenvalue weighted by Gasteiger charge is -2.33. The monoisotopic (exact) mass is 471 g/mol. The van der Waals surface area contributed by atoms with E-state index in [0.717, 1.165) is 50.6 Å². The lowest BCUT2D eigenvalue weighted by molar-refractivity contribution is 0.463. The molecule has 0 amide bonds. The fraction of sp³-hybridized carbons (Fsp3) is 0.444. The maximum atomic E-state index is 4.34. The standard InChI is InChI=1S/C18H25N5S.HI/c1-19-18(21-11-7-15-5-2-3-10-20-15)22-16-8-12-23(13-9-16)17-6-4-14-24-17;/h2-6,10,14,16H,7-9,11-13H2,1H3,(H2,19,21,22);1H. The van der Waals surface area contributed by atoms with Gasteiger partial charge in [-0.2, -0.15) is 0 Å². The minimum absolute atomic E-state index is 0.